The Labute approximate surface area is 98.1 Å². The van der Waals surface area contributed by atoms with E-state index in [9.17, 15) is 0 Å². The Hall–Kier alpha value is -1.28. The maximum Gasteiger partial charge on any atom is 0.0316 e. The van der Waals surface area contributed by atoms with Gasteiger partial charge in [-0.1, -0.05) is 40.2 Å². The highest BCUT2D eigenvalue weighted by Gasteiger charge is 1.96. The maximum absolute atomic E-state index is 5.73. The van der Waals surface area contributed by atoms with Crippen LogP contribution in [0.25, 0.3) is 0 Å². The highest BCUT2D eigenvalue weighted by molar-refractivity contribution is 9.10. The van der Waals surface area contributed by atoms with E-state index in [1.165, 1.54) is 11.1 Å². The second-order valence-electron chi connectivity index (χ2n) is 3.55. The molecule has 0 saturated heterocycles. The van der Waals surface area contributed by atoms with Gasteiger partial charge in [0, 0.05) is 10.2 Å². The van der Waals surface area contributed by atoms with Crippen molar-refractivity contribution in [1.29, 1.82) is 0 Å². The fraction of sp³-hybridized carbons (Fsp3) is 0.0769. The number of nitrogen functional groups attached to an aromatic ring is 1. The molecule has 0 radical (unpaired) electrons. The van der Waals surface area contributed by atoms with E-state index in [-0.39, 0.29) is 0 Å². The summed E-state index contributed by atoms with van der Waals surface area (Å²) in [5, 5.41) is 0. The molecule has 0 saturated carbocycles. The average molecular weight is 262 g/mol. The van der Waals surface area contributed by atoms with Gasteiger partial charge in [-0.15, -0.1) is 0 Å². The van der Waals surface area contributed by atoms with Crippen LogP contribution < -0.4 is 5.73 Å². The van der Waals surface area contributed by atoms with Crippen molar-refractivity contribution < 1.29 is 0 Å². The molecule has 0 unspecified atom stereocenters. The van der Waals surface area contributed by atoms with E-state index < -0.39 is 0 Å². The molecule has 0 fully saturated rings. The quantitative estimate of drug-likeness (QED) is 0.822. The van der Waals surface area contributed by atoms with Gasteiger partial charge >= 0.3 is 0 Å². The zero-order chi connectivity index (χ0) is 10.7. The first kappa shape index (κ1) is 10.2. The topological polar surface area (TPSA) is 26.0 Å². The number of nitrogens with two attached hydrogens (primary N) is 1. The van der Waals surface area contributed by atoms with Crippen LogP contribution in [0.15, 0.2) is 53.0 Å². The number of hydrogen-bond donors (Lipinski definition) is 1. The fourth-order valence-corrected chi connectivity index (χ4v) is 1.81. The van der Waals surface area contributed by atoms with Gasteiger partial charge in [0.2, 0.25) is 0 Å². The molecule has 0 aliphatic heterocycles. The minimum atomic E-state index is 0.824. The first-order chi connectivity index (χ1) is 7.24. The van der Waals surface area contributed by atoms with Crippen molar-refractivity contribution in [3.05, 3.63) is 64.1 Å². The Morgan fingerprint density at radius 3 is 2.33 bits per heavy atom. The van der Waals surface area contributed by atoms with Gasteiger partial charge in [-0.3, -0.25) is 0 Å². The second kappa shape index (κ2) is 4.49. The molecule has 0 bridgehead atoms. The van der Waals surface area contributed by atoms with Gasteiger partial charge in [0.05, 0.1) is 0 Å². The average Bonchev–Trinajstić information content (AvgIpc) is 2.22. The lowest BCUT2D eigenvalue weighted by molar-refractivity contribution is 1.19. The van der Waals surface area contributed by atoms with Crippen molar-refractivity contribution in [1.82, 2.24) is 0 Å². The van der Waals surface area contributed by atoms with Crippen LogP contribution in [-0.2, 0) is 6.42 Å². The molecule has 0 heterocycles. The van der Waals surface area contributed by atoms with Gasteiger partial charge in [-0.25, -0.2) is 0 Å². The molecule has 0 amide bonds. The Kier molecular flexibility index (Phi) is 3.07. The summed E-state index contributed by atoms with van der Waals surface area (Å²) < 4.78 is 1.11. The summed E-state index contributed by atoms with van der Waals surface area (Å²) in [6.45, 7) is 0. The van der Waals surface area contributed by atoms with Crippen LogP contribution in [0.3, 0.4) is 0 Å². The third kappa shape index (κ3) is 2.83. The summed E-state index contributed by atoms with van der Waals surface area (Å²) in [5.41, 5.74) is 9.10. The summed E-state index contributed by atoms with van der Waals surface area (Å²) in [6.07, 6.45) is 0.929. The van der Waals surface area contributed by atoms with E-state index >= 15 is 0 Å². The summed E-state index contributed by atoms with van der Waals surface area (Å²) in [4.78, 5) is 0. The first-order valence-electron chi connectivity index (χ1n) is 4.83. The van der Waals surface area contributed by atoms with E-state index in [2.05, 4.69) is 46.3 Å². The molecule has 76 valence electrons. The van der Waals surface area contributed by atoms with Crippen LogP contribution in [0.4, 0.5) is 5.69 Å². The van der Waals surface area contributed by atoms with Crippen molar-refractivity contribution in [2.75, 3.05) is 5.73 Å². The van der Waals surface area contributed by atoms with Gasteiger partial charge in [0.15, 0.2) is 0 Å². The predicted molar refractivity (Wildman–Crippen MR) is 67.8 cm³/mol. The lowest BCUT2D eigenvalue weighted by Gasteiger charge is -2.03. The zero-order valence-corrected chi connectivity index (χ0v) is 9.87. The molecule has 1 nitrogen and oxygen atoms in total. The third-order valence-corrected chi connectivity index (χ3v) is 2.80. The van der Waals surface area contributed by atoms with Crippen molar-refractivity contribution in [3.63, 3.8) is 0 Å². The van der Waals surface area contributed by atoms with E-state index in [1.54, 1.807) is 0 Å². The van der Waals surface area contributed by atoms with Crippen molar-refractivity contribution in [2.45, 2.75) is 6.42 Å². The van der Waals surface area contributed by atoms with Gasteiger partial charge < -0.3 is 5.73 Å². The SMILES string of the molecule is Nc1cccc(Cc2ccc(Br)cc2)c1. The largest absolute Gasteiger partial charge is 0.399 e. The minimum Gasteiger partial charge on any atom is -0.399 e. The molecule has 15 heavy (non-hydrogen) atoms. The van der Waals surface area contributed by atoms with Gasteiger partial charge in [0.1, 0.15) is 0 Å². The predicted octanol–water partition coefficient (Wildman–Crippen LogP) is 3.62. The number of hydrogen-bond acceptors (Lipinski definition) is 1. The standard InChI is InChI=1S/C13H12BrN/c14-12-6-4-10(5-7-12)8-11-2-1-3-13(15)9-11/h1-7,9H,8,15H2. The highest BCUT2D eigenvalue weighted by atomic mass is 79.9. The summed E-state index contributed by atoms with van der Waals surface area (Å²) >= 11 is 3.42. The molecule has 0 atom stereocenters. The van der Waals surface area contributed by atoms with Gasteiger partial charge in [0.25, 0.3) is 0 Å². The lowest BCUT2D eigenvalue weighted by Crippen LogP contribution is -1.90. The molecule has 2 N–H and O–H groups in total. The van der Waals surface area contributed by atoms with Crippen LogP contribution in [0.2, 0.25) is 0 Å². The molecule has 0 aliphatic rings. The molecular weight excluding hydrogens is 250 g/mol. The molecule has 0 aromatic heterocycles. The summed E-state index contributed by atoms with van der Waals surface area (Å²) in [6, 6.07) is 16.4. The number of benzene rings is 2. The molecule has 0 spiro atoms. The van der Waals surface area contributed by atoms with Crippen LogP contribution in [0.5, 0.6) is 0 Å². The van der Waals surface area contributed by atoms with E-state index in [1.807, 2.05) is 18.2 Å². The Morgan fingerprint density at radius 1 is 0.933 bits per heavy atom. The Balaban J connectivity index is 2.18. The Morgan fingerprint density at radius 2 is 1.67 bits per heavy atom. The van der Waals surface area contributed by atoms with Crippen LogP contribution in [0.1, 0.15) is 11.1 Å². The molecule has 2 rings (SSSR count). The van der Waals surface area contributed by atoms with Crippen LogP contribution >= 0.6 is 15.9 Å². The molecule has 2 aromatic rings. The van der Waals surface area contributed by atoms with Crippen LogP contribution in [-0.4, -0.2) is 0 Å². The number of anilines is 1. The second-order valence-corrected chi connectivity index (χ2v) is 4.46. The summed E-state index contributed by atoms with van der Waals surface area (Å²) in [5.74, 6) is 0. The van der Waals surface area contributed by atoms with E-state index in [0.29, 0.717) is 0 Å². The van der Waals surface area contributed by atoms with Crippen LogP contribution in [0, 0.1) is 0 Å². The highest BCUT2D eigenvalue weighted by Crippen LogP contribution is 2.15. The molecule has 2 heteroatoms. The Bertz CT molecular complexity index is 448. The third-order valence-electron chi connectivity index (χ3n) is 2.27. The number of halogens is 1. The lowest BCUT2D eigenvalue weighted by atomic mass is 10.0. The summed E-state index contributed by atoms with van der Waals surface area (Å²) in [7, 11) is 0. The monoisotopic (exact) mass is 261 g/mol. The van der Waals surface area contributed by atoms with Gasteiger partial charge in [-0.2, -0.15) is 0 Å². The van der Waals surface area contributed by atoms with Crippen molar-refractivity contribution in [2.24, 2.45) is 0 Å². The van der Waals surface area contributed by atoms with E-state index in [4.69, 9.17) is 5.73 Å². The van der Waals surface area contributed by atoms with E-state index in [0.717, 1.165) is 16.6 Å². The normalized spacial score (nSPS) is 10.2. The van der Waals surface area contributed by atoms with Gasteiger partial charge in [-0.05, 0) is 41.8 Å². The fourth-order valence-electron chi connectivity index (χ4n) is 1.54. The minimum absolute atomic E-state index is 0.824. The smallest absolute Gasteiger partial charge is 0.0316 e. The number of rotatable bonds is 2. The molecular formula is C13H12BrN. The zero-order valence-electron chi connectivity index (χ0n) is 8.28. The molecule has 2 aromatic carbocycles. The molecule has 0 aliphatic carbocycles. The first-order valence-corrected chi connectivity index (χ1v) is 5.62. The maximum atomic E-state index is 5.73. The van der Waals surface area contributed by atoms with Crippen molar-refractivity contribution >= 4 is 21.6 Å². The van der Waals surface area contributed by atoms with Crippen molar-refractivity contribution in [3.8, 4) is 0 Å².